The molecular formula is C79H111N7O23. The minimum Gasteiger partial charge on any atom is -0.493 e. The van der Waals surface area contributed by atoms with E-state index in [4.69, 9.17) is 61.6 Å². The van der Waals surface area contributed by atoms with E-state index in [-0.39, 0.29) is 148 Å². The number of hydrogen-bond acceptors (Lipinski definition) is 24. The molecule has 3 aromatic rings. The molecule has 0 radical (unpaired) electrons. The SMILES string of the molecule is C.COc1cc2c(cc1OCCCCCOc1cc3c(cc1OC)C(=O)N1C=C(C)C[C@H]1[C@H](O)N3C(=O)OCc1ccc(CC(=O)[C@H](C)NC(=O)[C@@H](CC(=O)CCOCCOCCOCCOCCOCCOCCOCCOCCNC(=O)CCN3C(=O)CC(C)C3=O)C(C)C)cc1)N=C[C@@H]1CC(C)=CN1C2=O. The Bertz CT molecular complexity index is 3620. The Morgan fingerprint density at radius 1 is 0.606 bits per heavy atom. The number of rotatable bonds is 50. The number of aliphatic imine (C=N–C) groups is 1. The summed E-state index contributed by atoms with van der Waals surface area (Å²) < 4.78 is 73.8. The van der Waals surface area contributed by atoms with E-state index in [1.807, 2.05) is 33.9 Å². The van der Waals surface area contributed by atoms with Crippen molar-refractivity contribution in [3.05, 3.63) is 94.3 Å². The first kappa shape index (κ1) is 87.5. The molecule has 30 heteroatoms. The number of benzene rings is 3. The highest BCUT2D eigenvalue weighted by atomic mass is 16.6. The first-order chi connectivity index (χ1) is 52.1. The van der Waals surface area contributed by atoms with Gasteiger partial charge in [0.05, 0.1) is 174 Å². The van der Waals surface area contributed by atoms with Crippen LogP contribution in [0.4, 0.5) is 16.2 Å². The molecule has 0 saturated carbocycles. The molecule has 0 aromatic heterocycles. The van der Waals surface area contributed by atoms with Crippen molar-refractivity contribution in [2.24, 2.45) is 22.7 Å². The number of aliphatic hydroxyl groups excluding tert-OH is 1. The number of aliphatic hydroxyl groups is 1. The van der Waals surface area contributed by atoms with Crippen molar-refractivity contribution in [3.63, 3.8) is 0 Å². The van der Waals surface area contributed by atoms with Gasteiger partial charge >= 0.3 is 6.09 Å². The van der Waals surface area contributed by atoms with Crippen molar-refractivity contribution in [3.8, 4) is 23.0 Å². The maximum Gasteiger partial charge on any atom is 0.416 e. The topological polar surface area (TPSA) is 343 Å². The predicted molar refractivity (Wildman–Crippen MR) is 401 cm³/mol. The van der Waals surface area contributed by atoms with Gasteiger partial charge in [-0.1, -0.05) is 63.6 Å². The number of hydrogen-bond donors (Lipinski definition) is 3. The number of nitrogens with one attached hydrogen (secondary N) is 2. The molecule has 7 amide bonds. The molecule has 6 atom stereocenters. The summed E-state index contributed by atoms with van der Waals surface area (Å²) in [6, 6.07) is 11.5. The zero-order valence-corrected chi connectivity index (χ0v) is 63.5. The molecule has 8 rings (SSSR count). The van der Waals surface area contributed by atoms with Crippen LogP contribution in [0.2, 0.25) is 0 Å². The van der Waals surface area contributed by atoms with Crippen LogP contribution >= 0.6 is 0 Å². The molecule has 0 bridgehead atoms. The van der Waals surface area contributed by atoms with Gasteiger partial charge in [0.15, 0.2) is 35.0 Å². The van der Waals surface area contributed by atoms with E-state index in [1.165, 1.54) is 31.3 Å². The van der Waals surface area contributed by atoms with Gasteiger partial charge in [0.1, 0.15) is 12.4 Å². The van der Waals surface area contributed by atoms with Crippen LogP contribution in [0.3, 0.4) is 0 Å². The Hall–Kier alpha value is -8.72. The number of ketones is 2. The summed E-state index contributed by atoms with van der Waals surface area (Å²) in [5, 5.41) is 17.5. The van der Waals surface area contributed by atoms with Crippen LogP contribution in [-0.2, 0) is 84.4 Å². The maximum atomic E-state index is 14.3. The number of anilines is 1. The van der Waals surface area contributed by atoms with Crippen molar-refractivity contribution in [1.29, 1.82) is 0 Å². The fourth-order valence-corrected chi connectivity index (χ4v) is 12.6. The second-order valence-electron chi connectivity index (χ2n) is 27.4. The Labute approximate surface area is 638 Å². The number of fused-ring (bicyclic) bond motifs is 4. The Morgan fingerprint density at radius 2 is 1.13 bits per heavy atom. The number of carbonyl (C=O) groups excluding carboxylic acids is 9. The Morgan fingerprint density at radius 3 is 1.69 bits per heavy atom. The van der Waals surface area contributed by atoms with E-state index in [1.54, 1.807) is 67.6 Å². The molecule has 5 heterocycles. The third kappa shape index (κ3) is 26.5. The van der Waals surface area contributed by atoms with Gasteiger partial charge in [0.25, 0.3) is 11.8 Å². The lowest BCUT2D eigenvalue weighted by Gasteiger charge is -2.31. The van der Waals surface area contributed by atoms with E-state index in [2.05, 4.69) is 15.6 Å². The second kappa shape index (κ2) is 45.4. The summed E-state index contributed by atoms with van der Waals surface area (Å²) in [6.45, 7) is 17.3. The van der Waals surface area contributed by atoms with E-state index in [0.717, 1.165) is 27.4 Å². The molecule has 1 unspecified atom stereocenters. The molecule has 600 valence electrons. The maximum absolute atomic E-state index is 14.3. The number of unbranched alkanes of at least 4 members (excludes halogenated alkanes) is 2. The van der Waals surface area contributed by atoms with E-state index in [0.29, 0.717) is 165 Å². The molecule has 30 nitrogen and oxygen atoms in total. The van der Waals surface area contributed by atoms with Crippen molar-refractivity contribution in [2.75, 3.05) is 151 Å². The largest absolute Gasteiger partial charge is 0.493 e. The van der Waals surface area contributed by atoms with E-state index < -0.39 is 42.1 Å². The van der Waals surface area contributed by atoms with Gasteiger partial charge < -0.3 is 87.1 Å². The first-order valence-electron chi connectivity index (χ1n) is 37.2. The normalized spacial score (nSPS) is 17.7. The average Bonchev–Trinajstić information content (AvgIpc) is 1.58. The van der Waals surface area contributed by atoms with Gasteiger partial charge in [-0.05, 0) is 82.1 Å². The monoisotopic (exact) mass is 1530 g/mol. The summed E-state index contributed by atoms with van der Waals surface area (Å²) in [7, 11) is 2.97. The first-order valence-corrected chi connectivity index (χ1v) is 37.2. The molecule has 109 heavy (non-hydrogen) atoms. The van der Waals surface area contributed by atoms with Crippen LogP contribution in [0.25, 0.3) is 0 Å². The predicted octanol–water partition coefficient (Wildman–Crippen LogP) is 7.67. The lowest BCUT2D eigenvalue weighted by atomic mass is 9.88. The number of carbonyl (C=O) groups is 9. The minimum atomic E-state index is -1.51. The molecule has 1 fully saturated rings. The summed E-state index contributed by atoms with van der Waals surface area (Å²) >= 11 is 0. The standard InChI is InChI=1S/C78H107N7O23.CH4/c1-51(2)60(42-59(86)17-22-98-24-26-100-28-30-102-32-34-104-36-37-105-35-33-103-31-29-101-27-25-99-23-18-79-71(88)16-19-82-72(89)40-54(5)74(82)91)73(90)81-55(6)66(87)41-56-12-14-57(15-13-56)50-108-78(95)85-64-46-70(68(97-8)44-62(64)76(93)84-49-53(4)39-65(84)77(85)94)107-21-11-9-10-20-106-69-45-63-61(43-67(69)96-7)75(92)83-48-52(3)38-58(83)47-80-63;/h12-15,43-49,51,54-55,58,60,65,77,94H,9-11,16-42,50H2,1-8H3,(H,79,88)(H,81,90);1H4/t54?,55-,58-,60-,65-,77-;/m0./s1. The highest BCUT2D eigenvalue weighted by Gasteiger charge is 2.45. The zero-order valence-electron chi connectivity index (χ0n) is 63.5. The Kier molecular flexibility index (Phi) is 36.5. The second-order valence-corrected chi connectivity index (χ2v) is 27.4. The fourth-order valence-electron chi connectivity index (χ4n) is 12.6. The number of methoxy groups -OCH3 is 2. The average molecular weight is 1530 g/mol. The van der Waals surface area contributed by atoms with E-state index in [9.17, 15) is 48.3 Å². The summed E-state index contributed by atoms with van der Waals surface area (Å²) in [6.07, 6.45) is 6.20. The van der Waals surface area contributed by atoms with Crippen LogP contribution < -0.4 is 34.5 Å². The lowest BCUT2D eigenvalue weighted by molar-refractivity contribution is -0.139. The van der Waals surface area contributed by atoms with E-state index >= 15 is 0 Å². The number of ether oxygens (including phenoxy) is 13. The van der Waals surface area contributed by atoms with Crippen molar-refractivity contribution < 1.29 is 110 Å². The van der Waals surface area contributed by atoms with Gasteiger partial charge in [0.2, 0.25) is 23.6 Å². The molecule has 0 aliphatic carbocycles. The third-order valence-electron chi connectivity index (χ3n) is 18.7. The van der Waals surface area contributed by atoms with Crippen LogP contribution in [0.1, 0.15) is 139 Å². The van der Waals surface area contributed by atoms with Gasteiger partial charge in [-0.3, -0.25) is 48.2 Å². The van der Waals surface area contributed by atoms with Crippen LogP contribution in [0.15, 0.2) is 77.1 Å². The molecule has 0 spiro atoms. The summed E-state index contributed by atoms with van der Waals surface area (Å²) in [5.74, 6) is -1.91. The van der Waals surface area contributed by atoms with Gasteiger partial charge in [-0.2, -0.15) is 0 Å². The summed E-state index contributed by atoms with van der Waals surface area (Å²) in [4.78, 5) is 128. The smallest absolute Gasteiger partial charge is 0.416 e. The van der Waals surface area contributed by atoms with Crippen LogP contribution in [0, 0.1) is 17.8 Å². The molecule has 5 aliphatic heterocycles. The van der Waals surface area contributed by atoms with Crippen molar-refractivity contribution in [2.45, 2.75) is 144 Å². The summed E-state index contributed by atoms with van der Waals surface area (Å²) in [5.41, 5.74) is 4.27. The minimum absolute atomic E-state index is 0. The van der Waals surface area contributed by atoms with Gasteiger partial charge in [-0.25, -0.2) is 9.69 Å². The quantitative estimate of drug-likeness (QED) is 0.0360. The van der Waals surface area contributed by atoms with Crippen LogP contribution in [-0.4, -0.2) is 250 Å². The number of nitrogens with zero attached hydrogens (tertiary/aromatic N) is 5. The molecule has 3 N–H and O–H groups in total. The molecule has 5 aliphatic rings. The number of amides is 7. The van der Waals surface area contributed by atoms with Crippen molar-refractivity contribution >= 4 is 70.7 Å². The molecule has 3 aromatic carbocycles. The van der Waals surface area contributed by atoms with Crippen LogP contribution in [0.5, 0.6) is 23.0 Å². The Balaban J connectivity index is 0.0000165. The third-order valence-corrected chi connectivity index (χ3v) is 18.7. The zero-order chi connectivity index (χ0) is 77.5. The van der Waals surface area contributed by atoms with Gasteiger partial charge in [-0.15, -0.1) is 0 Å². The molecule has 1 saturated heterocycles. The van der Waals surface area contributed by atoms with Crippen molar-refractivity contribution in [1.82, 2.24) is 25.3 Å². The fraction of sp³-hybridized carbons (Fsp3) is 0.595. The lowest BCUT2D eigenvalue weighted by Crippen LogP contribution is -2.50. The highest BCUT2D eigenvalue weighted by molar-refractivity contribution is 6.07. The number of Topliss-reactive ketones (excluding diaryl/α,β-unsaturated/α-hetero) is 2. The molecular weight excluding hydrogens is 1410 g/mol. The van der Waals surface area contributed by atoms with Gasteiger partial charge in [0, 0.05) is 87.8 Å². The number of likely N-dealkylation sites (tertiary alicyclic amines) is 1. The number of imide groups is 1. The highest BCUT2D eigenvalue weighted by Crippen LogP contribution is 2.43.